The van der Waals surface area contributed by atoms with Gasteiger partial charge in [-0.1, -0.05) is 46.2 Å². The molecular formula is C22H34ClN5O3S. The molecule has 32 heavy (non-hydrogen) atoms. The van der Waals surface area contributed by atoms with E-state index in [2.05, 4.69) is 15.1 Å². The number of anilines is 1. The Hall–Kier alpha value is -2.10. The summed E-state index contributed by atoms with van der Waals surface area (Å²) in [4.78, 5) is 14.7. The third-order valence-corrected chi connectivity index (χ3v) is 6.82. The molecule has 1 aromatic heterocycles. The monoisotopic (exact) mass is 483 g/mol. The van der Waals surface area contributed by atoms with E-state index in [0.29, 0.717) is 10.7 Å². The van der Waals surface area contributed by atoms with Gasteiger partial charge in [0.1, 0.15) is 0 Å². The molecule has 0 aliphatic carbocycles. The van der Waals surface area contributed by atoms with E-state index in [0.717, 1.165) is 23.2 Å². The highest BCUT2D eigenvalue weighted by molar-refractivity contribution is 7.90. The van der Waals surface area contributed by atoms with Crippen LogP contribution in [0.15, 0.2) is 23.2 Å². The molecule has 0 bridgehead atoms. The first-order valence-electron chi connectivity index (χ1n) is 10.7. The Kier molecular flexibility index (Phi) is 8.36. The summed E-state index contributed by atoms with van der Waals surface area (Å²) in [5.74, 6) is 0.155. The van der Waals surface area contributed by atoms with Crippen molar-refractivity contribution in [1.29, 1.82) is 0 Å². The molecule has 1 atom stereocenters. The molecule has 1 heterocycles. The zero-order valence-electron chi connectivity index (χ0n) is 20.0. The summed E-state index contributed by atoms with van der Waals surface area (Å²) in [7, 11) is 1.38. The van der Waals surface area contributed by atoms with Crippen molar-refractivity contribution in [3.05, 3.63) is 40.0 Å². The second-order valence-electron chi connectivity index (χ2n) is 8.75. The van der Waals surface area contributed by atoms with Crippen LogP contribution in [-0.4, -0.2) is 43.2 Å². The minimum absolute atomic E-state index is 0.00143. The number of sulfonamides is 1. The van der Waals surface area contributed by atoms with E-state index < -0.39 is 16.1 Å². The molecule has 0 spiro atoms. The number of nitrogens with zero attached hydrogens (tertiary/aromatic N) is 3. The maximum absolute atomic E-state index is 12.9. The molecule has 2 amide bonds. The predicted octanol–water partition coefficient (Wildman–Crippen LogP) is 4.84. The van der Waals surface area contributed by atoms with E-state index in [-0.39, 0.29) is 22.9 Å². The number of halogens is 1. The van der Waals surface area contributed by atoms with Crippen molar-refractivity contribution in [2.75, 3.05) is 19.4 Å². The van der Waals surface area contributed by atoms with Crippen LogP contribution in [0, 0.1) is 0 Å². The standard InChI is InChI=1S/C22H34ClN5O3S/c1-9-18(27(6)7)19-12-20(25-28(19)8)32(30,31)26-22(29)24-21-16(13(2)3)10-15(23)11-17(21)14(4)5/h10-14,18H,9H2,1-8H3,(H2,24,26,29). The van der Waals surface area contributed by atoms with Crippen molar-refractivity contribution in [3.8, 4) is 0 Å². The normalized spacial score (nSPS) is 13.1. The van der Waals surface area contributed by atoms with Crippen LogP contribution in [0.2, 0.25) is 5.02 Å². The van der Waals surface area contributed by atoms with Crippen LogP contribution in [0.3, 0.4) is 0 Å². The average molecular weight is 484 g/mol. The van der Waals surface area contributed by atoms with Crippen molar-refractivity contribution >= 4 is 33.3 Å². The van der Waals surface area contributed by atoms with E-state index in [1.165, 1.54) is 10.7 Å². The number of amides is 2. The summed E-state index contributed by atoms with van der Waals surface area (Å²) in [6.45, 7) is 9.96. The first-order valence-corrected chi connectivity index (χ1v) is 12.5. The molecule has 0 radical (unpaired) electrons. The highest BCUT2D eigenvalue weighted by Crippen LogP contribution is 2.35. The summed E-state index contributed by atoms with van der Waals surface area (Å²) in [6.07, 6.45) is 0.784. The van der Waals surface area contributed by atoms with Crippen LogP contribution in [0.1, 0.15) is 75.7 Å². The molecule has 2 N–H and O–H groups in total. The summed E-state index contributed by atoms with van der Waals surface area (Å²) < 4.78 is 29.4. The fraction of sp³-hybridized carbons (Fsp3) is 0.545. The number of rotatable bonds is 8. The van der Waals surface area contributed by atoms with Gasteiger partial charge in [0.25, 0.3) is 10.0 Å². The smallest absolute Gasteiger partial charge is 0.307 e. The van der Waals surface area contributed by atoms with E-state index >= 15 is 0 Å². The van der Waals surface area contributed by atoms with Gasteiger partial charge >= 0.3 is 6.03 Å². The second-order valence-corrected chi connectivity index (χ2v) is 10.8. The lowest BCUT2D eigenvalue weighted by molar-refractivity contribution is 0.256. The number of hydrogen-bond donors (Lipinski definition) is 2. The zero-order valence-corrected chi connectivity index (χ0v) is 21.6. The molecule has 178 valence electrons. The van der Waals surface area contributed by atoms with Crippen molar-refractivity contribution in [2.45, 2.75) is 63.9 Å². The molecule has 0 saturated carbocycles. The molecule has 1 aromatic carbocycles. The molecule has 2 aromatic rings. The summed E-state index contributed by atoms with van der Waals surface area (Å²) in [5, 5.41) is 7.25. The van der Waals surface area contributed by atoms with Crippen LogP contribution in [0.5, 0.6) is 0 Å². The molecule has 8 nitrogen and oxygen atoms in total. The van der Waals surface area contributed by atoms with Gasteiger partial charge in [-0.15, -0.1) is 0 Å². The van der Waals surface area contributed by atoms with Gasteiger partial charge in [-0.05, 0) is 55.6 Å². The quantitative estimate of drug-likeness (QED) is 0.559. The summed E-state index contributed by atoms with van der Waals surface area (Å²) >= 11 is 6.27. The Morgan fingerprint density at radius 1 is 1.12 bits per heavy atom. The van der Waals surface area contributed by atoms with Gasteiger partial charge in [-0.2, -0.15) is 13.5 Å². The van der Waals surface area contributed by atoms with Gasteiger partial charge in [0.15, 0.2) is 5.03 Å². The number of urea groups is 1. The van der Waals surface area contributed by atoms with E-state index in [1.54, 1.807) is 19.2 Å². The lowest BCUT2D eigenvalue weighted by Gasteiger charge is -2.22. The van der Waals surface area contributed by atoms with E-state index in [1.807, 2.05) is 53.6 Å². The molecule has 0 aliphatic rings. The van der Waals surface area contributed by atoms with Crippen LogP contribution < -0.4 is 10.0 Å². The average Bonchev–Trinajstić information content (AvgIpc) is 3.04. The van der Waals surface area contributed by atoms with E-state index in [9.17, 15) is 13.2 Å². The Bertz CT molecular complexity index is 1050. The van der Waals surface area contributed by atoms with E-state index in [4.69, 9.17) is 11.6 Å². The first kappa shape index (κ1) is 26.2. The van der Waals surface area contributed by atoms with Gasteiger partial charge in [0.05, 0.1) is 11.7 Å². The van der Waals surface area contributed by atoms with Crippen molar-refractivity contribution < 1.29 is 13.2 Å². The molecule has 1 unspecified atom stereocenters. The second kappa shape index (κ2) is 10.2. The zero-order chi connectivity index (χ0) is 24.4. The van der Waals surface area contributed by atoms with Crippen molar-refractivity contribution in [3.63, 3.8) is 0 Å². The lowest BCUT2D eigenvalue weighted by atomic mass is 9.92. The molecule has 2 rings (SSSR count). The topological polar surface area (TPSA) is 96.3 Å². The van der Waals surface area contributed by atoms with Crippen LogP contribution >= 0.6 is 11.6 Å². The van der Waals surface area contributed by atoms with Crippen LogP contribution in [-0.2, 0) is 17.1 Å². The number of benzene rings is 1. The molecule has 0 aliphatic heterocycles. The Balaban J connectivity index is 2.35. The predicted molar refractivity (Wildman–Crippen MR) is 129 cm³/mol. The summed E-state index contributed by atoms with van der Waals surface area (Å²) in [5.41, 5.74) is 3.00. The number of hydrogen-bond acceptors (Lipinski definition) is 5. The molecule has 10 heteroatoms. The van der Waals surface area contributed by atoms with Gasteiger partial charge < -0.3 is 10.2 Å². The highest BCUT2D eigenvalue weighted by Gasteiger charge is 2.26. The SMILES string of the molecule is CCC(c1cc(S(=O)(=O)NC(=O)Nc2c(C(C)C)cc(Cl)cc2C(C)C)nn1C)N(C)C. The first-order chi connectivity index (χ1) is 14.8. The summed E-state index contributed by atoms with van der Waals surface area (Å²) in [6, 6.07) is 4.24. The highest BCUT2D eigenvalue weighted by atomic mass is 35.5. The number of aromatic nitrogens is 2. The number of aryl methyl sites for hydroxylation is 1. The number of carbonyl (C=O) groups excluding carboxylic acids is 1. The third kappa shape index (κ3) is 5.82. The van der Waals surface area contributed by atoms with Gasteiger partial charge in [0.2, 0.25) is 0 Å². The maximum Gasteiger partial charge on any atom is 0.333 e. The third-order valence-electron chi connectivity index (χ3n) is 5.39. The van der Waals surface area contributed by atoms with Crippen molar-refractivity contribution in [2.24, 2.45) is 7.05 Å². The Labute approximate surface area is 196 Å². The lowest BCUT2D eigenvalue weighted by Crippen LogP contribution is -2.35. The van der Waals surface area contributed by atoms with Crippen LogP contribution in [0.25, 0.3) is 0 Å². The molecule has 0 fully saturated rings. The minimum atomic E-state index is -4.16. The molecular weight excluding hydrogens is 450 g/mol. The Morgan fingerprint density at radius 3 is 2.09 bits per heavy atom. The van der Waals surface area contributed by atoms with Gasteiger partial charge in [-0.3, -0.25) is 4.68 Å². The Morgan fingerprint density at radius 2 is 1.66 bits per heavy atom. The van der Waals surface area contributed by atoms with Crippen molar-refractivity contribution in [1.82, 2.24) is 19.4 Å². The fourth-order valence-corrected chi connectivity index (χ4v) is 4.90. The maximum atomic E-state index is 12.9. The largest absolute Gasteiger partial charge is 0.333 e. The number of nitrogens with one attached hydrogen (secondary N) is 2. The number of carbonyl (C=O) groups is 1. The van der Waals surface area contributed by atoms with Crippen LogP contribution in [0.4, 0.5) is 10.5 Å². The minimum Gasteiger partial charge on any atom is -0.307 e. The van der Waals surface area contributed by atoms with Gasteiger partial charge in [-0.25, -0.2) is 9.52 Å². The molecule has 0 saturated heterocycles. The van der Waals surface area contributed by atoms with Gasteiger partial charge in [0, 0.05) is 23.8 Å². The fourth-order valence-electron chi connectivity index (χ4n) is 3.75.